The van der Waals surface area contributed by atoms with Gasteiger partial charge in [0.15, 0.2) is 0 Å². The predicted octanol–water partition coefficient (Wildman–Crippen LogP) is 2.37. The number of carbonyl (C=O) groups excluding carboxylic acids is 1. The van der Waals surface area contributed by atoms with Crippen molar-refractivity contribution in [2.24, 2.45) is 5.92 Å². The first-order valence-corrected chi connectivity index (χ1v) is 10.0. The highest BCUT2D eigenvalue weighted by atomic mass is 32.2. The van der Waals surface area contributed by atoms with Crippen LogP contribution in [0.15, 0.2) is 16.3 Å². The Balaban J connectivity index is 2.02. The zero-order valence-corrected chi connectivity index (χ0v) is 14.8. The maximum Gasteiger partial charge on any atom is 0.252 e. The largest absolute Gasteiger partial charge is 0.356 e. The highest BCUT2D eigenvalue weighted by molar-refractivity contribution is 7.91. The van der Waals surface area contributed by atoms with Crippen LogP contribution in [0.3, 0.4) is 0 Å². The molecule has 0 radical (unpaired) electrons. The van der Waals surface area contributed by atoms with Gasteiger partial charge in [-0.25, -0.2) is 8.42 Å². The van der Waals surface area contributed by atoms with Crippen molar-refractivity contribution in [3.63, 3.8) is 0 Å². The van der Waals surface area contributed by atoms with E-state index in [0.717, 1.165) is 30.6 Å². The molecule has 2 heterocycles. The number of piperidine rings is 1. The molecule has 1 aromatic rings. The highest BCUT2D eigenvalue weighted by Gasteiger charge is 2.33. The van der Waals surface area contributed by atoms with E-state index in [0.29, 0.717) is 17.3 Å². The van der Waals surface area contributed by atoms with Gasteiger partial charge in [-0.05, 0) is 38.3 Å². The van der Waals surface area contributed by atoms with Gasteiger partial charge in [-0.2, -0.15) is 4.31 Å². The maximum absolute atomic E-state index is 12.6. The second-order valence-electron chi connectivity index (χ2n) is 5.71. The summed E-state index contributed by atoms with van der Waals surface area (Å²) in [5, 5.41) is 2.91. The van der Waals surface area contributed by atoms with E-state index in [9.17, 15) is 13.2 Å². The molecule has 0 bridgehead atoms. The summed E-state index contributed by atoms with van der Waals surface area (Å²) < 4.78 is 27.1. The average molecular weight is 345 g/mol. The van der Waals surface area contributed by atoms with Crippen LogP contribution in [0.4, 0.5) is 0 Å². The number of unbranched alkanes of at least 4 members (excludes halogenated alkanes) is 1. The first-order valence-electron chi connectivity index (χ1n) is 7.79. The molecular formula is C15H24N2O3S2. The fourth-order valence-corrected chi connectivity index (χ4v) is 5.55. The molecule has 1 aromatic heterocycles. The standard InChI is InChI=1S/C15H24N2O3S2/c1-3-4-9-16-15(18)13-6-5-10-17(11-13)22(19,20)14-8-7-12(2)21-14/h7-8,13H,3-6,9-11H2,1-2H3,(H,16,18). The molecule has 5 nitrogen and oxygen atoms in total. The van der Waals surface area contributed by atoms with Gasteiger partial charge in [0.1, 0.15) is 4.21 Å². The Labute approximate surface area is 136 Å². The summed E-state index contributed by atoms with van der Waals surface area (Å²) in [6, 6.07) is 3.47. The Bertz CT molecular complexity index is 610. The minimum absolute atomic E-state index is 0.0179. The van der Waals surface area contributed by atoms with Crippen molar-refractivity contribution < 1.29 is 13.2 Å². The molecule has 0 aliphatic carbocycles. The third-order valence-corrected chi connectivity index (χ3v) is 7.23. The number of nitrogens with zero attached hydrogens (tertiary/aromatic N) is 1. The third-order valence-electron chi connectivity index (χ3n) is 3.89. The lowest BCUT2D eigenvalue weighted by atomic mass is 9.99. The zero-order valence-electron chi connectivity index (χ0n) is 13.2. The maximum atomic E-state index is 12.6. The summed E-state index contributed by atoms with van der Waals surface area (Å²) >= 11 is 1.28. The number of thiophene rings is 1. The quantitative estimate of drug-likeness (QED) is 0.806. The van der Waals surface area contributed by atoms with E-state index in [1.165, 1.54) is 15.6 Å². The van der Waals surface area contributed by atoms with E-state index in [1.54, 1.807) is 6.07 Å². The predicted molar refractivity (Wildman–Crippen MR) is 88.5 cm³/mol. The van der Waals surface area contributed by atoms with Crippen LogP contribution in [0, 0.1) is 12.8 Å². The van der Waals surface area contributed by atoms with Gasteiger partial charge in [-0.1, -0.05) is 13.3 Å². The lowest BCUT2D eigenvalue weighted by molar-refractivity contribution is -0.126. The fourth-order valence-electron chi connectivity index (χ4n) is 2.59. The molecule has 1 aliphatic rings. The monoisotopic (exact) mass is 344 g/mol. The second kappa shape index (κ2) is 7.57. The van der Waals surface area contributed by atoms with E-state index in [-0.39, 0.29) is 18.4 Å². The minimum atomic E-state index is -3.46. The number of hydrogen-bond donors (Lipinski definition) is 1. The number of sulfonamides is 1. The van der Waals surface area contributed by atoms with Crippen molar-refractivity contribution in [2.45, 2.75) is 43.7 Å². The molecule has 7 heteroatoms. The van der Waals surface area contributed by atoms with Crippen molar-refractivity contribution >= 4 is 27.3 Å². The minimum Gasteiger partial charge on any atom is -0.356 e. The first-order chi connectivity index (χ1) is 10.4. The van der Waals surface area contributed by atoms with Crippen LogP contribution in [-0.2, 0) is 14.8 Å². The number of carbonyl (C=O) groups is 1. The molecule has 1 unspecified atom stereocenters. The number of rotatable bonds is 6. The van der Waals surface area contributed by atoms with Crippen LogP contribution in [0.1, 0.15) is 37.5 Å². The van der Waals surface area contributed by atoms with E-state index >= 15 is 0 Å². The van der Waals surface area contributed by atoms with E-state index < -0.39 is 10.0 Å². The molecule has 0 aromatic carbocycles. The molecular weight excluding hydrogens is 320 g/mol. The summed E-state index contributed by atoms with van der Waals surface area (Å²) in [5.74, 6) is -0.253. The lowest BCUT2D eigenvalue weighted by Crippen LogP contribution is -2.45. The van der Waals surface area contributed by atoms with Gasteiger partial charge in [0.05, 0.1) is 5.92 Å². The van der Waals surface area contributed by atoms with Crippen LogP contribution < -0.4 is 5.32 Å². The van der Waals surface area contributed by atoms with E-state index in [1.807, 2.05) is 13.0 Å². The highest BCUT2D eigenvalue weighted by Crippen LogP contribution is 2.28. The summed E-state index contributed by atoms with van der Waals surface area (Å²) in [4.78, 5) is 13.1. The first kappa shape index (κ1) is 17.4. The Morgan fingerprint density at radius 3 is 2.86 bits per heavy atom. The van der Waals surface area contributed by atoms with Gasteiger partial charge in [-0.3, -0.25) is 4.79 Å². The summed E-state index contributed by atoms with van der Waals surface area (Å²) in [7, 11) is -3.46. The average Bonchev–Trinajstić information content (AvgIpc) is 2.95. The molecule has 0 spiro atoms. The lowest BCUT2D eigenvalue weighted by Gasteiger charge is -2.30. The van der Waals surface area contributed by atoms with Crippen LogP contribution >= 0.6 is 11.3 Å². The van der Waals surface area contributed by atoms with Crippen LogP contribution in [0.25, 0.3) is 0 Å². The molecule has 22 heavy (non-hydrogen) atoms. The number of aryl methyl sites for hydroxylation is 1. The summed E-state index contributed by atoms with van der Waals surface area (Å²) in [6.45, 7) is 5.42. The van der Waals surface area contributed by atoms with Crippen molar-refractivity contribution in [3.05, 3.63) is 17.0 Å². The van der Waals surface area contributed by atoms with Gasteiger partial charge < -0.3 is 5.32 Å². The van der Waals surface area contributed by atoms with Gasteiger partial charge in [0.2, 0.25) is 5.91 Å². The molecule has 2 rings (SSSR count). The van der Waals surface area contributed by atoms with Crippen LogP contribution in [-0.4, -0.2) is 38.3 Å². The zero-order chi connectivity index (χ0) is 16.2. The molecule has 1 saturated heterocycles. The van der Waals surface area contributed by atoms with Crippen LogP contribution in [0.2, 0.25) is 0 Å². The fraction of sp³-hybridized carbons (Fsp3) is 0.667. The molecule has 1 amide bonds. The Kier molecular flexibility index (Phi) is 6.00. The molecule has 1 aliphatic heterocycles. The normalized spacial score (nSPS) is 20.0. The Morgan fingerprint density at radius 1 is 1.45 bits per heavy atom. The number of amides is 1. The molecule has 1 N–H and O–H groups in total. The number of nitrogens with one attached hydrogen (secondary N) is 1. The van der Waals surface area contributed by atoms with Crippen molar-refractivity contribution in [2.75, 3.05) is 19.6 Å². The SMILES string of the molecule is CCCCNC(=O)C1CCCN(S(=O)(=O)c2ccc(C)s2)C1. The molecule has 124 valence electrons. The number of hydrogen-bond acceptors (Lipinski definition) is 4. The molecule has 1 fully saturated rings. The van der Waals surface area contributed by atoms with Gasteiger partial charge in [-0.15, -0.1) is 11.3 Å². The topological polar surface area (TPSA) is 66.5 Å². The Hall–Kier alpha value is -0.920. The van der Waals surface area contributed by atoms with E-state index in [4.69, 9.17) is 0 Å². The molecule has 0 saturated carbocycles. The van der Waals surface area contributed by atoms with Crippen molar-refractivity contribution in [1.82, 2.24) is 9.62 Å². The smallest absolute Gasteiger partial charge is 0.252 e. The molecule has 1 atom stereocenters. The van der Waals surface area contributed by atoms with Gasteiger partial charge >= 0.3 is 0 Å². The Morgan fingerprint density at radius 2 is 2.23 bits per heavy atom. The van der Waals surface area contributed by atoms with Crippen molar-refractivity contribution in [3.8, 4) is 0 Å². The van der Waals surface area contributed by atoms with E-state index in [2.05, 4.69) is 12.2 Å². The van der Waals surface area contributed by atoms with Gasteiger partial charge in [0.25, 0.3) is 10.0 Å². The summed E-state index contributed by atoms with van der Waals surface area (Å²) in [5.41, 5.74) is 0. The van der Waals surface area contributed by atoms with Gasteiger partial charge in [0, 0.05) is 24.5 Å². The summed E-state index contributed by atoms with van der Waals surface area (Å²) in [6.07, 6.45) is 3.47. The van der Waals surface area contributed by atoms with Crippen LogP contribution in [0.5, 0.6) is 0 Å². The second-order valence-corrected chi connectivity index (χ2v) is 9.16. The van der Waals surface area contributed by atoms with Crippen molar-refractivity contribution in [1.29, 1.82) is 0 Å². The third kappa shape index (κ3) is 4.08.